The average Bonchev–Trinajstić information content (AvgIpc) is 3.17. The van der Waals surface area contributed by atoms with Crippen molar-refractivity contribution in [3.8, 4) is 0 Å². The topological polar surface area (TPSA) is 48.5 Å². The van der Waals surface area contributed by atoms with Crippen molar-refractivity contribution in [1.29, 1.82) is 0 Å². The van der Waals surface area contributed by atoms with Gasteiger partial charge in [-0.05, 0) is 6.42 Å². The Morgan fingerprint density at radius 1 is 1.38 bits per heavy atom. The monoisotopic (exact) mass is 308 g/mol. The molecule has 1 aromatic rings. The highest BCUT2D eigenvalue weighted by molar-refractivity contribution is 7.09. The van der Waals surface area contributed by atoms with Crippen LogP contribution >= 0.6 is 11.3 Å². The van der Waals surface area contributed by atoms with Crippen LogP contribution < -0.4 is 5.32 Å². The SMILES string of the molecule is CC(C)c1nc(C(=O)N2CCC(N3CCNCC3)C2)cs1. The van der Waals surface area contributed by atoms with Gasteiger partial charge in [0.2, 0.25) is 0 Å². The predicted molar refractivity (Wildman–Crippen MR) is 85.0 cm³/mol. The molecule has 0 radical (unpaired) electrons. The van der Waals surface area contributed by atoms with Gasteiger partial charge in [0.1, 0.15) is 5.69 Å². The summed E-state index contributed by atoms with van der Waals surface area (Å²) in [5.41, 5.74) is 0.629. The summed E-state index contributed by atoms with van der Waals surface area (Å²) in [6.07, 6.45) is 1.09. The predicted octanol–water partition coefficient (Wildman–Crippen LogP) is 1.39. The number of likely N-dealkylation sites (tertiary alicyclic amines) is 1. The summed E-state index contributed by atoms with van der Waals surface area (Å²) in [7, 11) is 0. The minimum atomic E-state index is 0.107. The summed E-state index contributed by atoms with van der Waals surface area (Å²) in [5.74, 6) is 0.500. The van der Waals surface area contributed by atoms with Crippen LogP contribution in [0, 0.1) is 0 Å². The lowest BCUT2D eigenvalue weighted by molar-refractivity contribution is 0.0768. The number of carbonyl (C=O) groups is 1. The number of amides is 1. The smallest absolute Gasteiger partial charge is 0.273 e. The molecule has 1 unspecified atom stereocenters. The van der Waals surface area contributed by atoms with E-state index in [1.54, 1.807) is 11.3 Å². The van der Waals surface area contributed by atoms with E-state index in [2.05, 4.69) is 29.0 Å². The Kier molecular flexibility index (Phi) is 4.57. The lowest BCUT2D eigenvalue weighted by Crippen LogP contribution is -2.49. The van der Waals surface area contributed by atoms with E-state index in [1.165, 1.54) is 0 Å². The van der Waals surface area contributed by atoms with Gasteiger partial charge in [-0.1, -0.05) is 13.8 Å². The Morgan fingerprint density at radius 2 is 2.14 bits per heavy atom. The van der Waals surface area contributed by atoms with Crippen molar-refractivity contribution in [3.63, 3.8) is 0 Å². The Labute approximate surface area is 130 Å². The van der Waals surface area contributed by atoms with Crippen molar-refractivity contribution in [2.45, 2.75) is 32.2 Å². The van der Waals surface area contributed by atoms with Crippen LogP contribution in [0.1, 0.15) is 41.7 Å². The van der Waals surface area contributed by atoms with Crippen LogP contribution in [-0.2, 0) is 0 Å². The molecule has 1 aromatic heterocycles. The maximum atomic E-state index is 12.6. The molecule has 21 heavy (non-hydrogen) atoms. The minimum Gasteiger partial charge on any atom is -0.336 e. The second kappa shape index (κ2) is 6.42. The largest absolute Gasteiger partial charge is 0.336 e. The number of rotatable bonds is 3. The van der Waals surface area contributed by atoms with Crippen LogP contribution in [0.15, 0.2) is 5.38 Å². The zero-order valence-electron chi connectivity index (χ0n) is 12.8. The molecule has 6 heteroatoms. The third kappa shape index (κ3) is 3.27. The maximum absolute atomic E-state index is 12.6. The van der Waals surface area contributed by atoms with E-state index in [4.69, 9.17) is 0 Å². The quantitative estimate of drug-likeness (QED) is 0.917. The summed E-state index contributed by atoms with van der Waals surface area (Å²) < 4.78 is 0. The number of aromatic nitrogens is 1. The molecule has 2 aliphatic rings. The van der Waals surface area contributed by atoms with Crippen LogP contribution in [0.5, 0.6) is 0 Å². The molecule has 2 saturated heterocycles. The number of nitrogens with zero attached hydrogens (tertiary/aromatic N) is 3. The van der Waals surface area contributed by atoms with Crippen LogP contribution in [0.4, 0.5) is 0 Å². The third-order valence-corrected chi connectivity index (χ3v) is 5.50. The van der Waals surface area contributed by atoms with E-state index in [0.717, 1.165) is 50.7 Å². The zero-order chi connectivity index (χ0) is 14.8. The highest BCUT2D eigenvalue weighted by Gasteiger charge is 2.32. The van der Waals surface area contributed by atoms with E-state index in [0.29, 0.717) is 17.7 Å². The van der Waals surface area contributed by atoms with Crippen LogP contribution in [0.3, 0.4) is 0 Å². The number of thiazole rings is 1. The van der Waals surface area contributed by atoms with Gasteiger partial charge in [-0.15, -0.1) is 11.3 Å². The number of nitrogens with one attached hydrogen (secondary N) is 1. The normalized spacial score (nSPS) is 24.0. The number of carbonyl (C=O) groups excluding carboxylic acids is 1. The van der Waals surface area contributed by atoms with E-state index in [9.17, 15) is 4.79 Å². The minimum absolute atomic E-state index is 0.107. The lowest BCUT2D eigenvalue weighted by Gasteiger charge is -2.32. The third-order valence-electron chi connectivity index (χ3n) is 4.35. The first kappa shape index (κ1) is 14.9. The van der Waals surface area contributed by atoms with Crippen molar-refractivity contribution in [2.24, 2.45) is 0 Å². The van der Waals surface area contributed by atoms with Gasteiger partial charge in [0.25, 0.3) is 5.91 Å². The highest BCUT2D eigenvalue weighted by Crippen LogP contribution is 2.22. The van der Waals surface area contributed by atoms with Gasteiger partial charge < -0.3 is 10.2 Å². The molecule has 2 aliphatic heterocycles. The number of hydrogen-bond donors (Lipinski definition) is 1. The van der Waals surface area contributed by atoms with Gasteiger partial charge in [0.05, 0.1) is 5.01 Å². The molecule has 5 nitrogen and oxygen atoms in total. The Bertz CT molecular complexity index is 496. The molecule has 0 spiro atoms. The summed E-state index contributed by atoms with van der Waals surface area (Å²) >= 11 is 1.60. The second-order valence-corrected chi connectivity index (χ2v) is 7.10. The number of piperazine rings is 1. The molecule has 3 rings (SSSR count). The van der Waals surface area contributed by atoms with E-state index < -0.39 is 0 Å². The molecule has 2 fully saturated rings. The second-order valence-electron chi connectivity index (χ2n) is 6.21. The van der Waals surface area contributed by atoms with Crippen LogP contribution in [-0.4, -0.2) is 66.0 Å². The lowest BCUT2D eigenvalue weighted by atomic mass is 10.2. The van der Waals surface area contributed by atoms with Crippen molar-refractivity contribution >= 4 is 17.2 Å². The van der Waals surface area contributed by atoms with E-state index in [-0.39, 0.29) is 5.91 Å². The fourth-order valence-electron chi connectivity index (χ4n) is 3.08. The molecule has 0 bridgehead atoms. The standard InChI is InChI=1S/C15H24N4OS/c1-11(2)14-17-13(10-21-14)15(20)19-6-3-12(9-19)18-7-4-16-5-8-18/h10-12,16H,3-9H2,1-2H3. The highest BCUT2D eigenvalue weighted by atomic mass is 32.1. The van der Waals surface area contributed by atoms with Crippen molar-refractivity contribution in [2.75, 3.05) is 39.3 Å². The Morgan fingerprint density at radius 3 is 2.81 bits per heavy atom. The fourth-order valence-corrected chi connectivity index (χ4v) is 3.89. The summed E-state index contributed by atoms with van der Waals surface area (Å²) in [6.45, 7) is 10.3. The summed E-state index contributed by atoms with van der Waals surface area (Å²) in [6, 6.07) is 0.527. The molecule has 0 aromatic carbocycles. The molecule has 1 amide bonds. The van der Waals surface area contributed by atoms with Gasteiger partial charge in [-0.25, -0.2) is 4.98 Å². The van der Waals surface area contributed by atoms with Crippen molar-refractivity contribution in [3.05, 3.63) is 16.1 Å². The fraction of sp³-hybridized carbons (Fsp3) is 0.733. The first-order valence-corrected chi connectivity index (χ1v) is 8.72. The molecule has 0 saturated carbocycles. The molecule has 1 N–H and O–H groups in total. The average molecular weight is 308 g/mol. The zero-order valence-corrected chi connectivity index (χ0v) is 13.7. The molecule has 3 heterocycles. The van der Waals surface area contributed by atoms with Gasteiger partial charge >= 0.3 is 0 Å². The van der Waals surface area contributed by atoms with Crippen molar-refractivity contribution in [1.82, 2.24) is 20.1 Å². The molecular formula is C15H24N4OS. The summed E-state index contributed by atoms with van der Waals surface area (Å²) in [4.78, 5) is 21.5. The molecular weight excluding hydrogens is 284 g/mol. The van der Waals surface area contributed by atoms with Gasteiger partial charge in [0, 0.05) is 56.6 Å². The van der Waals surface area contributed by atoms with E-state index in [1.807, 2.05) is 10.3 Å². The van der Waals surface area contributed by atoms with Gasteiger partial charge in [-0.3, -0.25) is 9.69 Å². The van der Waals surface area contributed by atoms with Crippen LogP contribution in [0.2, 0.25) is 0 Å². The first-order chi connectivity index (χ1) is 10.1. The van der Waals surface area contributed by atoms with Gasteiger partial charge in [-0.2, -0.15) is 0 Å². The van der Waals surface area contributed by atoms with E-state index >= 15 is 0 Å². The first-order valence-electron chi connectivity index (χ1n) is 7.84. The molecule has 1 atom stereocenters. The van der Waals surface area contributed by atoms with Gasteiger partial charge in [0.15, 0.2) is 0 Å². The Balaban J connectivity index is 1.60. The Hall–Kier alpha value is -0.980. The molecule has 116 valence electrons. The number of hydrogen-bond acceptors (Lipinski definition) is 5. The van der Waals surface area contributed by atoms with Crippen LogP contribution in [0.25, 0.3) is 0 Å². The van der Waals surface area contributed by atoms with Crippen molar-refractivity contribution < 1.29 is 4.79 Å². The maximum Gasteiger partial charge on any atom is 0.273 e. The summed E-state index contributed by atoms with van der Waals surface area (Å²) in [5, 5.41) is 6.35. The molecule has 0 aliphatic carbocycles.